The van der Waals surface area contributed by atoms with E-state index in [2.05, 4.69) is 5.32 Å². The third-order valence-corrected chi connectivity index (χ3v) is 9.85. The van der Waals surface area contributed by atoms with E-state index < -0.39 is 34.3 Å². The van der Waals surface area contributed by atoms with Crippen LogP contribution in [0.1, 0.15) is 17.5 Å². The Balaban J connectivity index is 1.35. The van der Waals surface area contributed by atoms with Crippen molar-refractivity contribution in [2.75, 3.05) is 33.4 Å². The van der Waals surface area contributed by atoms with E-state index in [1.165, 1.54) is 23.5 Å². The summed E-state index contributed by atoms with van der Waals surface area (Å²) in [7, 11) is -2.40. The number of sulfonamides is 1. The third-order valence-electron chi connectivity index (χ3n) is 7.97. The average Bonchev–Trinajstić information content (AvgIpc) is 3.65. The van der Waals surface area contributed by atoms with Crippen LogP contribution in [0.15, 0.2) is 89.8 Å². The molecular weight excluding hydrogens is 570 g/mol. The number of hydrogen-bond donors (Lipinski definition) is 2. The smallest absolute Gasteiger partial charge is 0.407 e. The molecule has 43 heavy (non-hydrogen) atoms. The van der Waals surface area contributed by atoms with Crippen molar-refractivity contribution < 1.29 is 32.2 Å². The number of fused-ring (bicyclic) bond motifs is 1. The zero-order valence-corrected chi connectivity index (χ0v) is 25.0. The van der Waals surface area contributed by atoms with E-state index >= 15 is 0 Å². The molecule has 0 aliphatic carbocycles. The van der Waals surface area contributed by atoms with Gasteiger partial charge in [-0.15, -0.1) is 0 Å². The highest BCUT2D eigenvalue weighted by atomic mass is 32.2. The molecule has 3 aromatic carbocycles. The Kier molecular flexibility index (Phi) is 10.3. The molecule has 2 saturated heterocycles. The lowest BCUT2D eigenvalue weighted by Gasteiger charge is -2.31. The summed E-state index contributed by atoms with van der Waals surface area (Å²) in [6, 6.07) is 24.2. The van der Waals surface area contributed by atoms with E-state index in [1.54, 1.807) is 12.1 Å². The zero-order valence-electron chi connectivity index (χ0n) is 24.2. The predicted molar refractivity (Wildman–Crippen MR) is 161 cm³/mol. The van der Waals surface area contributed by atoms with Gasteiger partial charge in [0, 0.05) is 19.1 Å². The highest BCUT2D eigenvalue weighted by Crippen LogP contribution is 2.33. The largest absolute Gasteiger partial charge is 0.497 e. The normalized spacial score (nSPS) is 21.2. The Labute approximate surface area is 253 Å². The second-order valence-electron chi connectivity index (χ2n) is 10.8. The van der Waals surface area contributed by atoms with Crippen molar-refractivity contribution in [2.24, 2.45) is 11.7 Å². The molecule has 0 unspecified atom stereocenters. The topological polar surface area (TPSA) is 129 Å². The summed E-state index contributed by atoms with van der Waals surface area (Å²) >= 11 is 0. The minimum Gasteiger partial charge on any atom is -0.497 e. The lowest BCUT2D eigenvalue weighted by atomic mass is 9.99. The first kappa shape index (κ1) is 31.0. The molecule has 0 aromatic heterocycles. The molecule has 2 aliphatic rings. The first-order chi connectivity index (χ1) is 20.8. The second-order valence-corrected chi connectivity index (χ2v) is 12.8. The summed E-state index contributed by atoms with van der Waals surface area (Å²) in [4.78, 5) is 13.3. The van der Waals surface area contributed by atoms with Crippen molar-refractivity contribution in [2.45, 2.75) is 48.6 Å². The van der Waals surface area contributed by atoms with Gasteiger partial charge in [-0.25, -0.2) is 13.2 Å². The van der Waals surface area contributed by atoms with Gasteiger partial charge in [-0.3, -0.25) is 0 Å². The van der Waals surface area contributed by atoms with E-state index in [4.69, 9.17) is 24.7 Å². The van der Waals surface area contributed by atoms with Crippen LogP contribution in [0, 0.1) is 5.92 Å². The summed E-state index contributed by atoms with van der Waals surface area (Å²) in [5, 5.41) is 2.94. The number of ether oxygens (including phenoxy) is 4. The van der Waals surface area contributed by atoms with Gasteiger partial charge in [0.1, 0.15) is 11.9 Å². The van der Waals surface area contributed by atoms with Crippen molar-refractivity contribution in [3.05, 3.63) is 96.1 Å². The molecule has 0 spiro atoms. The molecule has 230 valence electrons. The highest BCUT2D eigenvalue weighted by molar-refractivity contribution is 7.89. The van der Waals surface area contributed by atoms with Gasteiger partial charge in [0.05, 0.1) is 37.2 Å². The number of nitrogens with zero attached hydrogens (tertiary/aromatic N) is 1. The van der Waals surface area contributed by atoms with Gasteiger partial charge in [0.15, 0.2) is 6.29 Å². The van der Waals surface area contributed by atoms with Crippen LogP contribution in [0.3, 0.4) is 0 Å². The molecule has 11 heteroatoms. The number of carbonyl (C=O) groups excluding carboxylic acids is 1. The predicted octanol–water partition coefficient (Wildman–Crippen LogP) is 3.35. The van der Waals surface area contributed by atoms with Gasteiger partial charge in [0.25, 0.3) is 0 Å². The van der Waals surface area contributed by atoms with Crippen molar-refractivity contribution in [3.8, 4) is 5.75 Å². The monoisotopic (exact) mass is 609 g/mol. The van der Waals surface area contributed by atoms with E-state index in [0.717, 1.165) is 17.5 Å². The highest BCUT2D eigenvalue weighted by Gasteiger charge is 2.44. The second kappa shape index (κ2) is 14.3. The Morgan fingerprint density at radius 3 is 2.35 bits per heavy atom. The Bertz CT molecular complexity index is 1420. The van der Waals surface area contributed by atoms with Gasteiger partial charge in [0.2, 0.25) is 10.0 Å². The summed E-state index contributed by atoms with van der Waals surface area (Å²) < 4.78 is 51.4. The molecule has 5 rings (SSSR count). The molecular formula is C32H39N3O7S. The molecule has 3 aromatic rings. The number of nitrogens with one attached hydrogen (secondary N) is 1. The fourth-order valence-electron chi connectivity index (χ4n) is 5.52. The van der Waals surface area contributed by atoms with Crippen LogP contribution < -0.4 is 15.8 Å². The fourth-order valence-corrected chi connectivity index (χ4v) is 6.99. The van der Waals surface area contributed by atoms with Crippen LogP contribution in [0.2, 0.25) is 0 Å². The van der Waals surface area contributed by atoms with E-state index in [0.29, 0.717) is 25.2 Å². The fraction of sp³-hybridized carbons (Fsp3) is 0.406. The molecule has 0 saturated carbocycles. The number of carbonyl (C=O) groups is 1. The molecule has 10 nitrogen and oxygen atoms in total. The summed E-state index contributed by atoms with van der Waals surface area (Å²) in [5.74, 6) is 0.551. The number of nitrogens with two attached hydrogens (primary N) is 1. The van der Waals surface area contributed by atoms with E-state index in [9.17, 15) is 13.2 Å². The minimum absolute atomic E-state index is 0.00452. The van der Waals surface area contributed by atoms with Crippen LogP contribution in [-0.2, 0) is 37.1 Å². The summed E-state index contributed by atoms with van der Waals surface area (Å²) in [6.45, 7) is 1.02. The lowest BCUT2D eigenvalue weighted by Crippen LogP contribution is -2.55. The summed E-state index contributed by atoms with van der Waals surface area (Å²) in [5.41, 5.74) is 8.71. The molecule has 0 radical (unpaired) electrons. The Hall–Kier alpha value is -3.48. The third kappa shape index (κ3) is 7.92. The van der Waals surface area contributed by atoms with Crippen molar-refractivity contribution in [3.63, 3.8) is 0 Å². The Morgan fingerprint density at radius 1 is 1.00 bits per heavy atom. The summed E-state index contributed by atoms with van der Waals surface area (Å²) in [6.07, 6.45) is 0.262. The molecule has 5 atom stereocenters. The van der Waals surface area contributed by atoms with Crippen LogP contribution in [0.5, 0.6) is 5.75 Å². The standard InChI is InChI=1S/C32H39N3O7S/c1-39-25-12-14-26(15-13-25)43(37,38)35(18-16-23-8-4-2-5-9-23)21-28(33)29(20-24-10-6-3-7-11-24)34-32(36)42-30-22-41-31-27(30)17-19-40-31/h2-15,27-31H,16-22,33H2,1H3,(H,34,36)/t27-,28+,29-,30-,31+/m0/s1. The molecule has 2 fully saturated rings. The minimum atomic E-state index is -3.93. The van der Waals surface area contributed by atoms with Crippen molar-refractivity contribution in [1.29, 1.82) is 0 Å². The van der Waals surface area contributed by atoms with Gasteiger partial charge in [-0.1, -0.05) is 60.7 Å². The zero-order chi connectivity index (χ0) is 30.2. The van der Waals surface area contributed by atoms with Crippen LogP contribution >= 0.6 is 0 Å². The van der Waals surface area contributed by atoms with Gasteiger partial charge < -0.3 is 30.0 Å². The van der Waals surface area contributed by atoms with E-state index in [1.807, 2.05) is 60.7 Å². The van der Waals surface area contributed by atoms with Crippen LogP contribution in [-0.4, -0.2) is 76.7 Å². The van der Waals surface area contributed by atoms with Crippen molar-refractivity contribution in [1.82, 2.24) is 9.62 Å². The maximum absolute atomic E-state index is 13.9. The number of hydrogen-bond acceptors (Lipinski definition) is 8. The maximum atomic E-state index is 13.9. The number of benzene rings is 3. The maximum Gasteiger partial charge on any atom is 0.407 e. The van der Waals surface area contributed by atoms with Gasteiger partial charge in [-0.2, -0.15) is 4.31 Å². The quantitative estimate of drug-likeness (QED) is 0.302. The SMILES string of the molecule is COc1ccc(S(=O)(=O)N(CCc2ccccc2)C[C@@H](N)[C@H](Cc2ccccc2)NC(=O)O[C@H]2CO[C@H]3OCC[C@H]32)cc1. The van der Waals surface area contributed by atoms with Crippen LogP contribution in [0.25, 0.3) is 0 Å². The number of methoxy groups -OCH3 is 1. The average molecular weight is 610 g/mol. The van der Waals surface area contributed by atoms with Gasteiger partial charge >= 0.3 is 6.09 Å². The number of alkyl carbamates (subject to hydrolysis) is 1. The molecule has 2 aliphatic heterocycles. The van der Waals surface area contributed by atoms with Crippen molar-refractivity contribution >= 4 is 16.1 Å². The first-order valence-corrected chi connectivity index (χ1v) is 16.0. The van der Waals surface area contributed by atoms with Gasteiger partial charge in [-0.05, 0) is 54.7 Å². The molecule has 0 bridgehead atoms. The Morgan fingerprint density at radius 2 is 1.67 bits per heavy atom. The molecule has 1 amide bonds. The number of rotatable bonds is 13. The number of amides is 1. The molecule has 2 heterocycles. The first-order valence-electron chi connectivity index (χ1n) is 14.5. The lowest BCUT2D eigenvalue weighted by molar-refractivity contribution is -0.0907. The van der Waals surface area contributed by atoms with E-state index in [-0.39, 0.29) is 36.8 Å². The molecule has 3 N–H and O–H groups in total. The van der Waals surface area contributed by atoms with Crippen LogP contribution in [0.4, 0.5) is 4.79 Å².